The van der Waals surface area contributed by atoms with Gasteiger partial charge in [-0.05, 0) is 33.4 Å². The number of hydrogen-bond donors (Lipinski definition) is 2. The minimum atomic E-state index is -0.621. The molecule has 21 heavy (non-hydrogen) atoms. The van der Waals surface area contributed by atoms with Gasteiger partial charge in [0, 0.05) is 18.6 Å². The average molecular weight is 297 g/mol. The van der Waals surface area contributed by atoms with Crippen LogP contribution < -0.4 is 5.32 Å². The zero-order valence-corrected chi connectivity index (χ0v) is 12.5. The maximum atomic E-state index is 10.6. The van der Waals surface area contributed by atoms with Crippen LogP contribution in [-0.2, 0) is 6.54 Å². The molecule has 1 aromatic heterocycles. The fraction of sp³-hybridized carbons (Fsp3) is 0.769. The van der Waals surface area contributed by atoms with Crippen molar-refractivity contribution in [1.82, 2.24) is 20.0 Å². The predicted octanol–water partition coefficient (Wildman–Crippen LogP) is 0.226. The molecule has 2 N–H and O–H groups in total. The van der Waals surface area contributed by atoms with E-state index >= 15 is 0 Å². The van der Waals surface area contributed by atoms with E-state index in [1.54, 1.807) is 0 Å². The molecule has 1 unspecified atom stereocenters. The molecule has 0 spiro atoms. The van der Waals surface area contributed by atoms with Crippen LogP contribution in [0.25, 0.3) is 0 Å². The second-order valence-electron chi connectivity index (χ2n) is 5.93. The lowest BCUT2D eigenvalue weighted by molar-refractivity contribution is -0.385. The molecule has 0 amide bonds. The number of aliphatic hydroxyl groups excluding tert-OH is 1. The van der Waals surface area contributed by atoms with Gasteiger partial charge in [-0.3, -0.25) is 14.8 Å². The van der Waals surface area contributed by atoms with Gasteiger partial charge in [0.1, 0.15) is 12.4 Å². The third kappa shape index (κ3) is 3.78. The van der Waals surface area contributed by atoms with Crippen LogP contribution in [0.15, 0.2) is 12.4 Å². The number of nitro groups is 1. The SMILES string of the molecule is CN(C)C1(CNCC(O)Cn2cc([N+](=O)[O-])cn2)CCC1. The van der Waals surface area contributed by atoms with Gasteiger partial charge in [-0.25, -0.2) is 0 Å². The molecule has 8 heteroatoms. The minimum Gasteiger partial charge on any atom is -0.390 e. The Labute approximate surface area is 123 Å². The smallest absolute Gasteiger partial charge is 0.306 e. The van der Waals surface area contributed by atoms with Gasteiger partial charge >= 0.3 is 5.69 Å². The summed E-state index contributed by atoms with van der Waals surface area (Å²) in [7, 11) is 4.17. The molecule has 1 aliphatic rings. The highest BCUT2D eigenvalue weighted by atomic mass is 16.6. The highest BCUT2D eigenvalue weighted by Gasteiger charge is 2.38. The van der Waals surface area contributed by atoms with Crippen LogP contribution in [-0.4, -0.2) is 63.5 Å². The lowest BCUT2D eigenvalue weighted by Crippen LogP contribution is -2.57. The molecule has 0 radical (unpaired) electrons. The van der Waals surface area contributed by atoms with Gasteiger partial charge in [-0.15, -0.1) is 0 Å². The van der Waals surface area contributed by atoms with Crippen LogP contribution in [0.3, 0.4) is 0 Å². The van der Waals surface area contributed by atoms with Gasteiger partial charge in [-0.2, -0.15) is 5.10 Å². The Kier molecular flexibility index (Phi) is 4.92. The van der Waals surface area contributed by atoms with Crippen LogP contribution >= 0.6 is 0 Å². The molecule has 1 heterocycles. The number of aliphatic hydroxyl groups is 1. The predicted molar refractivity (Wildman–Crippen MR) is 78.0 cm³/mol. The van der Waals surface area contributed by atoms with Crippen LogP contribution in [0.1, 0.15) is 19.3 Å². The number of likely N-dealkylation sites (N-methyl/N-ethyl adjacent to an activating group) is 1. The van der Waals surface area contributed by atoms with Crippen molar-refractivity contribution in [3.8, 4) is 0 Å². The Balaban J connectivity index is 1.74. The van der Waals surface area contributed by atoms with Crippen LogP contribution in [0.4, 0.5) is 5.69 Å². The molecule has 1 saturated carbocycles. The number of nitrogens with zero attached hydrogens (tertiary/aromatic N) is 4. The molecule has 0 bridgehead atoms. The maximum absolute atomic E-state index is 10.6. The first-order chi connectivity index (χ1) is 9.93. The van der Waals surface area contributed by atoms with Crippen molar-refractivity contribution >= 4 is 5.69 Å². The van der Waals surface area contributed by atoms with Crippen molar-refractivity contribution < 1.29 is 10.0 Å². The average Bonchev–Trinajstić information content (AvgIpc) is 2.80. The molecule has 0 aliphatic heterocycles. The first-order valence-corrected chi connectivity index (χ1v) is 7.16. The topological polar surface area (TPSA) is 96.5 Å². The second-order valence-corrected chi connectivity index (χ2v) is 5.93. The fourth-order valence-electron chi connectivity index (χ4n) is 2.67. The maximum Gasteiger partial charge on any atom is 0.306 e. The van der Waals surface area contributed by atoms with E-state index in [1.807, 2.05) is 0 Å². The number of hydrogen-bond acceptors (Lipinski definition) is 6. The number of nitrogens with one attached hydrogen (secondary N) is 1. The Morgan fingerprint density at radius 2 is 2.33 bits per heavy atom. The normalized spacial score (nSPS) is 18.5. The lowest BCUT2D eigenvalue weighted by Gasteiger charge is -2.47. The van der Waals surface area contributed by atoms with Crippen LogP contribution in [0.2, 0.25) is 0 Å². The highest BCUT2D eigenvalue weighted by Crippen LogP contribution is 2.35. The first-order valence-electron chi connectivity index (χ1n) is 7.16. The zero-order chi connectivity index (χ0) is 15.5. The number of aromatic nitrogens is 2. The molecular weight excluding hydrogens is 274 g/mol. The highest BCUT2D eigenvalue weighted by molar-refractivity contribution is 5.20. The summed E-state index contributed by atoms with van der Waals surface area (Å²) in [4.78, 5) is 12.3. The summed E-state index contributed by atoms with van der Waals surface area (Å²) >= 11 is 0. The molecule has 1 fully saturated rings. The molecule has 0 saturated heterocycles. The van der Waals surface area contributed by atoms with E-state index in [2.05, 4.69) is 29.4 Å². The van der Waals surface area contributed by atoms with Crippen molar-refractivity contribution in [2.75, 3.05) is 27.2 Å². The van der Waals surface area contributed by atoms with Crippen molar-refractivity contribution in [2.24, 2.45) is 0 Å². The van der Waals surface area contributed by atoms with Gasteiger partial charge in [0.25, 0.3) is 0 Å². The van der Waals surface area contributed by atoms with Crippen molar-refractivity contribution in [2.45, 2.75) is 37.5 Å². The lowest BCUT2D eigenvalue weighted by atomic mass is 9.75. The van der Waals surface area contributed by atoms with Crippen molar-refractivity contribution in [3.63, 3.8) is 0 Å². The summed E-state index contributed by atoms with van der Waals surface area (Å²) < 4.78 is 1.40. The molecule has 1 atom stereocenters. The molecule has 118 valence electrons. The van der Waals surface area contributed by atoms with E-state index in [0.29, 0.717) is 6.54 Å². The monoisotopic (exact) mass is 297 g/mol. The molecule has 8 nitrogen and oxygen atoms in total. The molecular formula is C13H23N5O3. The third-order valence-corrected chi connectivity index (χ3v) is 4.30. The van der Waals surface area contributed by atoms with E-state index in [0.717, 1.165) is 6.54 Å². The van der Waals surface area contributed by atoms with Gasteiger partial charge in [0.15, 0.2) is 0 Å². The van der Waals surface area contributed by atoms with Gasteiger partial charge in [-0.1, -0.05) is 0 Å². The van der Waals surface area contributed by atoms with E-state index in [9.17, 15) is 15.2 Å². The van der Waals surface area contributed by atoms with Crippen molar-refractivity contribution in [1.29, 1.82) is 0 Å². The Hall–Kier alpha value is -1.51. The van der Waals surface area contributed by atoms with Crippen LogP contribution in [0.5, 0.6) is 0 Å². The Morgan fingerprint density at radius 3 is 2.81 bits per heavy atom. The summed E-state index contributed by atoms with van der Waals surface area (Å²) in [5, 5.41) is 27.7. The van der Waals surface area contributed by atoms with E-state index in [-0.39, 0.29) is 17.8 Å². The second kappa shape index (κ2) is 6.50. The summed E-state index contributed by atoms with van der Waals surface area (Å²) in [6, 6.07) is 0. The quantitative estimate of drug-likeness (QED) is 0.526. The fourth-order valence-corrected chi connectivity index (χ4v) is 2.67. The van der Waals surface area contributed by atoms with Crippen molar-refractivity contribution in [3.05, 3.63) is 22.5 Å². The van der Waals surface area contributed by atoms with Gasteiger partial charge in [0.2, 0.25) is 0 Å². The first kappa shape index (κ1) is 15.9. The standard InChI is InChI=1S/C13H23N5O3/c1-16(2)13(4-3-5-13)10-14-7-12(19)9-17-8-11(6-15-17)18(20)21/h6,8,12,14,19H,3-5,7,9-10H2,1-2H3. The molecule has 0 aromatic carbocycles. The third-order valence-electron chi connectivity index (χ3n) is 4.30. The zero-order valence-electron chi connectivity index (χ0n) is 12.5. The Morgan fingerprint density at radius 1 is 1.62 bits per heavy atom. The van der Waals surface area contributed by atoms with Gasteiger partial charge in [0.05, 0.1) is 17.6 Å². The summed E-state index contributed by atoms with van der Waals surface area (Å²) in [5.41, 5.74) is 0.153. The van der Waals surface area contributed by atoms with Crippen LogP contribution in [0, 0.1) is 10.1 Å². The van der Waals surface area contributed by atoms with E-state index in [1.165, 1.54) is 36.3 Å². The molecule has 1 aliphatic carbocycles. The molecule has 1 aromatic rings. The molecule has 2 rings (SSSR count). The van der Waals surface area contributed by atoms with Gasteiger partial charge < -0.3 is 15.3 Å². The summed E-state index contributed by atoms with van der Waals surface area (Å²) in [5.74, 6) is 0. The number of rotatable bonds is 8. The minimum absolute atomic E-state index is 0.0591. The summed E-state index contributed by atoms with van der Waals surface area (Å²) in [6.45, 7) is 1.54. The largest absolute Gasteiger partial charge is 0.390 e. The Bertz CT molecular complexity index is 484. The van der Waals surface area contributed by atoms with E-state index < -0.39 is 11.0 Å². The summed E-state index contributed by atoms with van der Waals surface area (Å²) in [6.07, 6.45) is 5.50. The van der Waals surface area contributed by atoms with E-state index in [4.69, 9.17) is 0 Å².